The standard InChI is InChI=1S/C17H32N4/c1-4-10-19-17(2,14-18)9-5-11-21-12-8-15-6-7-16(13-21)20(15)3/h15-16,19H,4-13H2,1-3H3. The van der Waals surface area contributed by atoms with E-state index in [1.165, 1.54) is 32.4 Å². The van der Waals surface area contributed by atoms with E-state index in [9.17, 15) is 5.26 Å². The van der Waals surface area contributed by atoms with Crippen molar-refractivity contribution < 1.29 is 0 Å². The maximum atomic E-state index is 9.38. The molecule has 3 atom stereocenters. The number of likely N-dealkylation sites (N-methyl/N-ethyl adjacent to an activating group) is 1. The summed E-state index contributed by atoms with van der Waals surface area (Å²) in [4.78, 5) is 5.22. The smallest absolute Gasteiger partial charge is 0.103 e. The molecule has 0 amide bonds. The first-order valence-corrected chi connectivity index (χ1v) is 8.68. The van der Waals surface area contributed by atoms with Gasteiger partial charge < -0.3 is 4.90 Å². The molecule has 0 spiro atoms. The zero-order valence-electron chi connectivity index (χ0n) is 14.1. The van der Waals surface area contributed by atoms with Crippen LogP contribution >= 0.6 is 0 Å². The third kappa shape index (κ3) is 4.42. The number of rotatable bonds is 7. The van der Waals surface area contributed by atoms with Gasteiger partial charge in [0.25, 0.3) is 0 Å². The molecule has 0 radical (unpaired) electrons. The Bertz CT molecular complexity index is 364. The minimum atomic E-state index is -0.350. The monoisotopic (exact) mass is 292 g/mol. The van der Waals surface area contributed by atoms with Crippen LogP contribution < -0.4 is 5.32 Å². The van der Waals surface area contributed by atoms with Crippen molar-refractivity contribution >= 4 is 0 Å². The van der Waals surface area contributed by atoms with Gasteiger partial charge in [0.05, 0.1) is 6.07 Å². The zero-order chi connectivity index (χ0) is 15.3. The summed E-state index contributed by atoms with van der Waals surface area (Å²) < 4.78 is 0. The quantitative estimate of drug-likeness (QED) is 0.781. The lowest BCUT2D eigenvalue weighted by Crippen LogP contribution is -2.42. The average molecular weight is 292 g/mol. The van der Waals surface area contributed by atoms with E-state index in [4.69, 9.17) is 0 Å². The van der Waals surface area contributed by atoms with Crippen LogP contribution in [0.2, 0.25) is 0 Å². The summed E-state index contributed by atoms with van der Waals surface area (Å²) in [5, 5.41) is 12.8. The van der Waals surface area contributed by atoms with Gasteiger partial charge in [0.2, 0.25) is 0 Å². The number of nitriles is 1. The fraction of sp³-hybridized carbons (Fsp3) is 0.941. The molecule has 2 saturated heterocycles. The molecule has 0 aliphatic carbocycles. The second kappa shape index (κ2) is 7.58. The Balaban J connectivity index is 1.74. The van der Waals surface area contributed by atoms with Crippen LogP contribution in [0.15, 0.2) is 0 Å². The first-order valence-electron chi connectivity index (χ1n) is 8.68. The number of hydrogen-bond donors (Lipinski definition) is 1. The van der Waals surface area contributed by atoms with Crippen molar-refractivity contribution in [2.75, 3.05) is 33.2 Å². The molecule has 2 heterocycles. The molecule has 3 unspecified atom stereocenters. The fourth-order valence-electron chi connectivity index (χ4n) is 3.82. The van der Waals surface area contributed by atoms with E-state index in [0.717, 1.165) is 44.4 Å². The molecule has 0 aromatic rings. The third-order valence-corrected chi connectivity index (χ3v) is 5.40. The van der Waals surface area contributed by atoms with Gasteiger partial charge in [-0.3, -0.25) is 10.2 Å². The normalized spacial score (nSPS) is 29.8. The van der Waals surface area contributed by atoms with E-state index in [-0.39, 0.29) is 5.54 Å². The largest absolute Gasteiger partial charge is 0.302 e. The van der Waals surface area contributed by atoms with Crippen LogP contribution in [0.5, 0.6) is 0 Å². The molecule has 120 valence electrons. The fourth-order valence-corrected chi connectivity index (χ4v) is 3.82. The highest BCUT2D eigenvalue weighted by Crippen LogP contribution is 2.28. The van der Waals surface area contributed by atoms with Gasteiger partial charge in [0.1, 0.15) is 5.54 Å². The van der Waals surface area contributed by atoms with E-state index < -0.39 is 0 Å². The molecular formula is C17H32N4. The van der Waals surface area contributed by atoms with Crippen LogP contribution in [0.25, 0.3) is 0 Å². The molecule has 4 heteroatoms. The minimum absolute atomic E-state index is 0.350. The number of fused-ring (bicyclic) bond motifs is 2. The molecule has 0 aromatic carbocycles. The maximum Gasteiger partial charge on any atom is 0.103 e. The highest BCUT2D eigenvalue weighted by Gasteiger charge is 2.34. The summed E-state index contributed by atoms with van der Waals surface area (Å²) >= 11 is 0. The predicted octanol–water partition coefficient (Wildman–Crippen LogP) is 2.22. The Morgan fingerprint density at radius 2 is 2.05 bits per heavy atom. The molecule has 2 fully saturated rings. The molecular weight excluding hydrogens is 260 g/mol. The zero-order valence-corrected chi connectivity index (χ0v) is 14.1. The van der Waals surface area contributed by atoms with E-state index in [2.05, 4.69) is 35.2 Å². The van der Waals surface area contributed by atoms with Crippen molar-refractivity contribution in [1.82, 2.24) is 15.1 Å². The van der Waals surface area contributed by atoms with Crippen LogP contribution in [0.3, 0.4) is 0 Å². The van der Waals surface area contributed by atoms with Crippen LogP contribution in [-0.2, 0) is 0 Å². The Morgan fingerprint density at radius 3 is 2.76 bits per heavy atom. The number of likely N-dealkylation sites (tertiary alicyclic amines) is 1. The van der Waals surface area contributed by atoms with Gasteiger partial charge in [-0.2, -0.15) is 5.26 Å². The lowest BCUT2D eigenvalue weighted by atomic mass is 9.97. The van der Waals surface area contributed by atoms with Crippen LogP contribution in [0.4, 0.5) is 0 Å². The lowest BCUT2D eigenvalue weighted by molar-refractivity contribution is 0.213. The Morgan fingerprint density at radius 1 is 1.29 bits per heavy atom. The van der Waals surface area contributed by atoms with E-state index in [0.29, 0.717) is 0 Å². The summed E-state index contributed by atoms with van der Waals surface area (Å²) in [5.41, 5.74) is -0.350. The van der Waals surface area contributed by atoms with E-state index >= 15 is 0 Å². The van der Waals surface area contributed by atoms with Gasteiger partial charge in [-0.25, -0.2) is 0 Å². The molecule has 2 bridgehead atoms. The van der Waals surface area contributed by atoms with Crippen molar-refractivity contribution in [3.05, 3.63) is 0 Å². The van der Waals surface area contributed by atoms with Crippen molar-refractivity contribution in [2.45, 2.75) is 70.0 Å². The highest BCUT2D eigenvalue weighted by molar-refractivity contribution is 5.03. The van der Waals surface area contributed by atoms with Gasteiger partial charge >= 0.3 is 0 Å². The summed E-state index contributed by atoms with van der Waals surface area (Å²) in [7, 11) is 2.30. The highest BCUT2D eigenvalue weighted by atomic mass is 15.3. The van der Waals surface area contributed by atoms with Crippen LogP contribution in [0, 0.1) is 11.3 Å². The molecule has 2 aliphatic rings. The Kier molecular flexibility index (Phi) is 6.04. The molecule has 1 N–H and O–H groups in total. The predicted molar refractivity (Wildman–Crippen MR) is 87.2 cm³/mol. The minimum Gasteiger partial charge on any atom is -0.302 e. The second-order valence-corrected chi connectivity index (χ2v) is 7.11. The molecule has 0 aromatic heterocycles. The molecule has 0 saturated carbocycles. The maximum absolute atomic E-state index is 9.38. The van der Waals surface area contributed by atoms with E-state index in [1.807, 2.05) is 6.92 Å². The topological polar surface area (TPSA) is 42.3 Å². The molecule has 2 aliphatic heterocycles. The SMILES string of the molecule is CCCNC(C)(C#N)CCCN1CCC2CCC(C1)N2C. The van der Waals surface area contributed by atoms with Gasteiger partial charge in [0.15, 0.2) is 0 Å². The summed E-state index contributed by atoms with van der Waals surface area (Å²) in [6.45, 7) is 8.72. The van der Waals surface area contributed by atoms with Gasteiger partial charge in [-0.1, -0.05) is 6.92 Å². The Labute approximate surface area is 130 Å². The van der Waals surface area contributed by atoms with Gasteiger partial charge in [-0.05, 0) is 72.1 Å². The Hall–Kier alpha value is -0.630. The summed E-state index contributed by atoms with van der Waals surface area (Å²) in [6, 6.07) is 4.04. The van der Waals surface area contributed by atoms with Crippen molar-refractivity contribution in [1.29, 1.82) is 5.26 Å². The number of hydrogen-bond acceptors (Lipinski definition) is 4. The lowest BCUT2D eigenvalue weighted by Gasteiger charge is -2.28. The molecule has 4 nitrogen and oxygen atoms in total. The average Bonchev–Trinajstić information content (AvgIpc) is 2.73. The van der Waals surface area contributed by atoms with Crippen LogP contribution in [0.1, 0.15) is 52.4 Å². The number of nitrogens with zero attached hydrogens (tertiary/aromatic N) is 3. The second-order valence-electron chi connectivity index (χ2n) is 7.11. The van der Waals surface area contributed by atoms with Gasteiger partial charge in [-0.15, -0.1) is 0 Å². The van der Waals surface area contributed by atoms with Crippen molar-refractivity contribution in [3.63, 3.8) is 0 Å². The van der Waals surface area contributed by atoms with Crippen molar-refractivity contribution in [2.24, 2.45) is 0 Å². The van der Waals surface area contributed by atoms with Crippen molar-refractivity contribution in [3.8, 4) is 6.07 Å². The molecule has 2 rings (SSSR count). The first-order chi connectivity index (χ1) is 10.1. The molecule has 21 heavy (non-hydrogen) atoms. The summed E-state index contributed by atoms with van der Waals surface area (Å²) in [5.74, 6) is 0. The number of nitrogens with one attached hydrogen (secondary N) is 1. The van der Waals surface area contributed by atoms with Gasteiger partial charge in [0, 0.05) is 18.6 Å². The third-order valence-electron chi connectivity index (χ3n) is 5.40. The first kappa shape index (κ1) is 16.7. The summed E-state index contributed by atoms with van der Waals surface area (Å²) in [6.07, 6.45) is 7.22. The van der Waals surface area contributed by atoms with Crippen LogP contribution in [-0.4, -0.2) is 60.6 Å². The van der Waals surface area contributed by atoms with E-state index in [1.54, 1.807) is 0 Å².